The molecule has 0 spiro atoms. The summed E-state index contributed by atoms with van der Waals surface area (Å²) in [7, 11) is 0. The molecule has 1 rings (SSSR count). The number of ether oxygens (including phenoxy) is 4. The quantitative estimate of drug-likeness (QED) is 0.325. The Morgan fingerprint density at radius 2 is 1.00 bits per heavy atom. The second-order valence-electron chi connectivity index (χ2n) is 6.73. The monoisotopic (exact) mass is 390 g/mol. The Kier molecular flexibility index (Phi) is 9.09. The number of rotatable bonds is 10. The molecule has 154 valence electrons. The lowest BCUT2D eigenvalue weighted by molar-refractivity contribution is -0.181. The normalized spacial score (nSPS) is 15.1. The van der Waals surface area contributed by atoms with Crippen LogP contribution in [0.2, 0.25) is 0 Å². The van der Waals surface area contributed by atoms with Gasteiger partial charge in [0, 0.05) is 11.1 Å². The summed E-state index contributed by atoms with van der Waals surface area (Å²) >= 11 is 0. The third-order valence-corrected chi connectivity index (χ3v) is 3.91. The van der Waals surface area contributed by atoms with E-state index in [1.165, 1.54) is 0 Å². The van der Waals surface area contributed by atoms with E-state index in [1.54, 1.807) is 27.7 Å². The van der Waals surface area contributed by atoms with Crippen molar-refractivity contribution in [2.45, 2.75) is 66.3 Å². The lowest BCUT2D eigenvalue weighted by Crippen LogP contribution is -2.20. The van der Waals surface area contributed by atoms with Gasteiger partial charge in [0.1, 0.15) is 0 Å². The Balaban J connectivity index is 2.61. The first-order chi connectivity index (χ1) is 13.0. The largest absolute Gasteiger partial charge is 0.433 e. The van der Waals surface area contributed by atoms with Crippen LogP contribution in [0, 0.1) is 0 Å². The minimum Gasteiger partial charge on any atom is -0.433 e. The Morgan fingerprint density at radius 3 is 1.25 bits per heavy atom. The van der Waals surface area contributed by atoms with E-state index >= 15 is 0 Å². The molecule has 0 aliphatic carbocycles. The van der Waals surface area contributed by atoms with Crippen molar-refractivity contribution in [1.82, 2.24) is 0 Å². The van der Waals surface area contributed by atoms with Gasteiger partial charge in [0.05, 0.1) is 12.2 Å². The van der Waals surface area contributed by atoms with Crippen LogP contribution in [-0.4, -0.2) is 24.5 Å². The Labute approximate surface area is 167 Å². The van der Waals surface area contributed by atoms with Crippen molar-refractivity contribution in [2.24, 2.45) is 0 Å². The van der Waals surface area contributed by atoms with Crippen molar-refractivity contribution in [1.29, 1.82) is 0 Å². The summed E-state index contributed by atoms with van der Waals surface area (Å²) in [6, 6.07) is 7.66. The van der Waals surface area contributed by atoms with Crippen molar-refractivity contribution in [3.63, 3.8) is 0 Å². The molecule has 0 saturated heterocycles. The van der Waals surface area contributed by atoms with Crippen molar-refractivity contribution in [3.05, 3.63) is 59.7 Å². The van der Waals surface area contributed by atoms with Gasteiger partial charge in [-0.25, -0.2) is 9.59 Å². The molecule has 0 amide bonds. The first-order valence-electron chi connectivity index (χ1n) is 9.15. The molecule has 28 heavy (non-hydrogen) atoms. The highest BCUT2D eigenvalue weighted by Gasteiger charge is 2.17. The maximum absolute atomic E-state index is 11.5. The number of benzene rings is 1. The van der Waals surface area contributed by atoms with Crippen LogP contribution in [0.15, 0.2) is 48.6 Å². The SMILES string of the molecule is C=C(C)C(=O)OC(C)OC(C)c1ccc(C(C)OC(C)OC(=O)C(=C)C)cc1. The molecule has 0 aliphatic rings. The molecule has 0 fully saturated rings. The number of hydrogen-bond donors (Lipinski definition) is 0. The molecule has 0 heterocycles. The molecule has 0 N–H and O–H groups in total. The van der Waals surface area contributed by atoms with E-state index in [1.807, 2.05) is 38.1 Å². The van der Waals surface area contributed by atoms with Gasteiger partial charge in [-0.05, 0) is 52.7 Å². The van der Waals surface area contributed by atoms with E-state index in [4.69, 9.17) is 18.9 Å². The van der Waals surface area contributed by atoms with Gasteiger partial charge in [-0.15, -0.1) is 0 Å². The number of esters is 2. The molecule has 0 radical (unpaired) electrons. The fraction of sp³-hybridized carbons (Fsp3) is 0.455. The maximum Gasteiger partial charge on any atom is 0.335 e. The number of carbonyl (C=O) groups excluding carboxylic acids is 2. The second-order valence-corrected chi connectivity index (χ2v) is 6.73. The first kappa shape index (κ1) is 23.6. The van der Waals surface area contributed by atoms with E-state index in [9.17, 15) is 9.59 Å². The predicted octanol–water partition coefficient (Wildman–Crippen LogP) is 4.77. The summed E-state index contributed by atoms with van der Waals surface area (Å²) in [6.07, 6.45) is -1.92. The second kappa shape index (κ2) is 10.8. The van der Waals surface area contributed by atoms with Crippen LogP contribution in [0.4, 0.5) is 0 Å². The fourth-order valence-electron chi connectivity index (χ4n) is 2.33. The van der Waals surface area contributed by atoms with Crippen molar-refractivity contribution in [3.8, 4) is 0 Å². The Morgan fingerprint density at radius 1 is 0.714 bits per heavy atom. The molecule has 6 heteroatoms. The Hall–Kier alpha value is -2.44. The topological polar surface area (TPSA) is 71.1 Å². The minimum atomic E-state index is -0.690. The zero-order valence-electron chi connectivity index (χ0n) is 17.5. The van der Waals surface area contributed by atoms with E-state index in [-0.39, 0.29) is 12.2 Å². The molecule has 0 saturated carbocycles. The zero-order valence-corrected chi connectivity index (χ0v) is 17.5. The summed E-state index contributed by atoms with van der Waals surface area (Å²) in [5.74, 6) is -0.968. The average molecular weight is 390 g/mol. The van der Waals surface area contributed by atoms with Gasteiger partial charge in [-0.2, -0.15) is 0 Å². The van der Waals surface area contributed by atoms with Gasteiger partial charge < -0.3 is 18.9 Å². The third-order valence-electron chi connectivity index (χ3n) is 3.91. The lowest BCUT2D eigenvalue weighted by atomic mass is 10.1. The molecule has 0 aromatic heterocycles. The van der Waals surface area contributed by atoms with E-state index in [2.05, 4.69) is 13.2 Å². The van der Waals surface area contributed by atoms with Crippen LogP contribution in [0.3, 0.4) is 0 Å². The molecule has 6 nitrogen and oxygen atoms in total. The maximum atomic E-state index is 11.5. The van der Waals surface area contributed by atoms with E-state index in [0.29, 0.717) is 11.1 Å². The molecule has 1 aromatic rings. The summed E-state index contributed by atoms with van der Waals surface area (Å²) in [5, 5.41) is 0. The van der Waals surface area contributed by atoms with Gasteiger partial charge in [0.25, 0.3) is 0 Å². The van der Waals surface area contributed by atoms with Gasteiger partial charge in [0.2, 0.25) is 12.6 Å². The van der Waals surface area contributed by atoms with Crippen LogP contribution in [0.5, 0.6) is 0 Å². The Bertz CT molecular complexity index is 645. The van der Waals surface area contributed by atoms with Gasteiger partial charge >= 0.3 is 11.9 Å². The molecule has 4 unspecified atom stereocenters. The molecule has 0 bridgehead atoms. The minimum absolute atomic E-state index is 0.270. The molecular formula is C22H30O6. The number of hydrogen-bond acceptors (Lipinski definition) is 6. The molecule has 1 aromatic carbocycles. The van der Waals surface area contributed by atoms with E-state index < -0.39 is 24.5 Å². The summed E-state index contributed by atoms with van der Waals surface area (Å²) in [4.78, 5) is 23.1. The van der Waals surface area contributed by atoms with Crippen LogP contribution in [0.1, 0.15) is 64.9 Å². The summed E-state index contributed by atoms with van der Waals surface area (Å²) < 4.78 is 21.7. The standard InChI is InChI=1S/C22H30O6/c1-13(2)21(23)27-17(7)25-15(5)19-9-11-20(12-10-19)16(6)26-18(8)28-22(24)14(3)4/h9-12,15-18H,1,3H2,2,4-8H3. The van der Waals surface area contributed by atoms with Crippen LogP contribution in [-0.2, 0) is 28.5 Å². The highest BCUT2D eigenvalue weighted by molar-refractivity contribution is 5.87. The summed E-state index contributed by atoms with van der Waals surface area (Å²) in [5.41, 5.74) is 2.50. The van der Waals surface area contributed by atoms with Crippen molar-refractivity contribution in [2.75, 3.05) is 0 Å². The zero-order chi connectivity index (χ0) is 21.4. The van der Waals surface area contributed by atoms with Crippen LogP contribution < -0.4 is 0 Å². The van der Waals surface area contributed by atoms with Crippen molar-refractivity contribution < 1.29 is 28.5 Å². The van der Waals surface area contributed by atoms with Gasteiger partial charge in [0.15, 0.2) is 0 Å². The fourth-order valence-corrected chi connectivity index (χ4v) is 2.33. The smallest absolute Gasteiger partial charge is 0.335 e. The van der Waals surface area contributed by atoms with Gasteiger partial charge in [-0.1, -0.05) is 37.4 Å². The highest BCUT2D eigenvalue weighted by Crippen LogP contribution is 2.24. The van der Waals surface area contributed by atoms with Crippen molar-refractivity contribution >= 4 is 11.9 Å². The molecular weight excluding hydrogens is 360 g/mol. The van der Waals surface area contributed by atoms with Gasteiger partial charge in [-0.3, -0.25) is 0 Å². The average Bonchev–Trinajstić information content (AvgIpc) is 2.61. The molecule has 4 atom stereocenters. The van der Waals surface area contributed by atoms with E-state index in [0.717, 1.165) is 11.1 Å². The molecule has 0 aliphatic heterocycles. The van der Waals surface area contributed by atoms with Crippen LogP contribution in [0.25, 0.3) is 0 Å². The summed E-state index contributed by atoms with van der Waals surface area (Å²) in [6.45, 7) is 17.3. The highest BCUT2D eigenvalue weighted by atomic mass is 16.7. The lowest BCUT2D eigenvalue weighted by Gasteiger charge is -2.22. The third kappa shape index (κ3) is 7.66. The first-order valence-corrected chi connectivity index (χ1v) is 9.15. The predicted molar refractivity (Wildman–Crippen MR) is 106 cm³/mol. The number of carbonyl (C=O) groups is 2. The van der Waals surface area contributed by atoms with Crippen LogP contribution >= 0.6 is 0 Å².